The second kappa shape index (κ2) is 6.29. The molecule has 2 aromatic carbocycles. The zero-order chi connectivity index (χ0) is 16.5. The van der Waals surface area contributed by atoms with Crippen molar-refractivity contribution in [3.8, 4) is 11.1 Å². The Labute approximate surface area is 141 Å². The Kier molecular flexibility index (Phi) is 3.98. The minimum absolute atomic E-state index is 0.107. The molecule has 0 bridgehead atoms. The minimum Gasteiger partial charge on any atom is -0.448 e. The van der Waals surface area contributed by atoms with Gasteiger partial charge in [0.2, 0.25) is 0 Å². The molecule has 4 nitrogen and oxygen atoms in total. The highest BCUT2D eigenvalue weighted by molar-refractivity contribution is 5.79. The molecule has 124 valence electrons. The van der Waals surface area contributed by atoms with E-state index in [9.17, 15) is 4.79 Å². The number of rotatable bonds is 4. The summed E-state index contributed by atoms with van der Waals surface area (Å²) in [5.74, 6) is 0.520. The van der Waals surface area contributed by atoms with Crippen LogP contribution in [0.2, 0.25) is 0 Å². The van der Waals surface area contributed by atoms with E-state index < -0.39 is 0 Å². The van der Waals surface area contributed by atoms with E-state index in [1.807, 2.05) is 24.3 Å². The summed E-state index contributed by atoms with van der Waals surface area (Å²) in [7, 11) is 0. The molecule has 1 heterocycles. The molecule has 1 fully saturated rings. The molecule has 1 N–H and O–H groups in total. The lowest BCUT2D eigenvalue weighted by Gasteiger charge is -2.38. The van der Waals surface area contributed by atoms with Gasteiger partial charge in [-0.1, -0.05) is 48.5 Å². The van der Waals surface area contributed by atoms with E-state index >= 15 is 0 Å². The highest BCUT2D eigenvalue weighted by Gasteiger charge is 2.33. The second-order valence-corrected chi connectivity index (χ2v) is 6.59. The van der Waals surface area contributed by atoms with E-state index in [0.29, 0.717) is 25.6 Å². The van der Waals surface area contributed by atoms with Crippen molar-refractivity contribution < 1.29 is 14.6 Å². The number of carbonyl (C=O) groups excluding carboxylic acids is 1. The maximum Gasteiger partial charge on any atom is 0.409 e. The predicted octanol–water partition coefficient (Wildman–Crippen LogP) is 3.25. The van der Waals surface area contributed by atoms with Gasteiger partial charge in [0.25, 0.3) is 0 Å². The number of hydrogen-bond acceptors (Lipinski definition) is 3. The second-order valence-electron chi connectivity index (χ2n) is 6.59. The molecule has 0 saturated carbocycles. The number of benzene rings is 2. The Hall–Kier alpha value is -2.33. The number of aliphatic hydroxyl groups is 1. The van der Waals surface area contributed by atoms with Gasteiger partial charge in [-0.2, -0.15) is 0 Å². The number of aliphatic hydroxyl groups excluding tert-OH is 1. The van der Waals surface area contributed by atoms with Crippen LogP contribution in [0.4, 0.5) is 4.79 Å². The molecule has 1 aliphatic heterocycles. The summed E-state index contributed by atoms with van der Waals surface area (Å²) in [5.41, 5.74) is 4.93. The van der Waals surface area contributed by atoms with Crippen LogP contribution in [0, 0.1) is 5.92 Å². The summed E-state index contributed by atoms with van der Waals surface area (Å²) >= 11 is 0. The Morgan fingerprint density at radius 3 is 2.21 bits per heavy atom. The van der Waals surface area contributed by atoms with Crippen LogP contribution in [0.15, 0.2) is 48.5 Å². The average Bonchev–Trinajstić information content (AvgIpc) is 2.90. The third-order valence-electron chi connectivity index (χ3n) is 5.09. The van der Waals surface area contributed by atoms with Crippen molar-refractivity contribution in [3.05, 3.63) is 59.7 Å². The van der Waals surface area contributed by atoms with Gasteiger partial charge in [-0.3, -0.25) is 0 Å². The van der Waals surface area contributed by atoms with Gasteiger partial charge < -0.3 is 14.7 Å². The number of fused-ring (bicyclic) bond motifs is 3. The molecule has 0 spiro atoms. The highest BCUT2D eigenvalue weighted by Crippen LogP contribution is 2.44. The van der Waals surface area contributed by atoms with E-state index in [2.05, 4.69) is 24.3 Å². The van der Waals surface area contributed by atoms with Gasteiger partial charge in [0.1, 0.15) is 6.61 Å². The minimum atomic E-state index is -0.244. The fourth-order valence-electron chi connectivity index (χ4n) is 3.77. The maximum absolute atomic E-state index is 12.2. The van der Waals surface area contributed by atoms with Crippen molar-refractivity contribution in [2.75, 3.05) is 26.3 Å². The summed E-state index contributed by atoms with van der Waals surface area (Å²) in [6.07, 6.45) is 0.513. The molecule has 1 aliphatic carbocycles. The smallest absolute Gasteiger partial charge is 0.409 e. The first-order valence-corrected chi connectivity index (χ1v) is 8.48. The SMILES string of the molecule is O=C(OCC1c2ccccc2-c2ccccc21)N1CC(CCO)C1. The molecule has 0 radical (unpaired) electrons. The van der Waals surface area contributed by atoms with Crippen LogP contribution < -0.4 is 0 Å². The third-order valence-corrected chi connectivity index (χ3v) is 5.09. The normalized spacial score (nSPS) is 16.5. The Morgan fingerprint density at radius 2 is 1.62 bits per heavy atom. The van der Waals surface area contributed by atoms with Crippen molar-refractivity contribution in [2.24, 2.45) is 5.92 Å². The van der Waals surface area contributed by atoms with Crippen molar-refractivity contribution in [1.29, 1.82) is 0 Å². The number of carbonyl (C=O) groups is 1. The first-order valence-electron chi connectivity index (χ1n) is 8.48. The number of ether oxygens (including phenoxy) is 1. The molecule has 0 atom stereocenters. The van der Waals surface area contributed by atoms with Crippen LogP contribution in [-0.4, -0.2) is 42.4 Å². The average molecular weight is 323 g/mol. The van der Waals surface area contributed by atoms with E-state index in [4.69, 9.17) is 9.84 Å². The standard InChI is InChI=1S/C20H21NO3/c22-10-9-14-11-21(12-14)20(23)24-13-19-17-7-3-1-5-15(17)16-6-2-4-8-18(16)19/h1-8,14,19,22H,9-13H2. The van der Waals surface area contributed by atoms with Crippen LogP contribution >= 0.6 is 0 Å². The summed E-state index contributed by atoms with van der Waals surface area (Å²) in [5, 5.41) is 8.92. The van der Waals surface area contributed by atoms with Crippen molar-refractivity contribution in [3.63, 3.8) is 0 Å². The molecule has 2 aromatic rings. The van der Waals surface area contributed by atoms with Crippen molar-refractivity contribution in [2.45, 2.75) is 12.3 Å². The Morgan fingerprint density at radius 1 is 1.04 bits per heavy atom. The fourth-order valence-corrected chi connectivity index (χ4v) is 3.77. The van der Waals surface area contributed by atoms with Gasteiger partial charge in [0.15, 0.2) is 0 Å². The van der Waals surface area contributed by atoms with Crippen LogP contribution in [0.3, 0.4) is 0 Å². The molecule has 4 rings (SSSR count). The van der Waals surface area contributed by atoms with E-state index in [-0.39, 0.29) is 18.6 Å². The van der Waals surface area contributed by atoms with Gasteiger partial charge in [0, 0.05) is 25.6 Å². The van der Waals surface area contributed by atoms with Crippen molar-refractivity contribution >= 4 is 6.09 Å². The molecule has 4 heteroatoms. The topological polar surface area (TPSA) is 49.8 Å². The van der Waals surface area contributed by atoms with Gasteiger partial charge in [-0.25, -0.2) is 4.79 Å². The molecule has 0 unspecified atom stereocenters. The summed E-state index contributed by atoms with van der Waals surface area (Å²) < 4.78 is 5.59. The van der Waals surface area contributed by atoms with Crippen LogP contribution in [0.5, 0.6) is 0 Å². The maximum atomic E-state index is 12.2. The lowest BCUT2D eigenvalue weighted by Crippen LogP contribution is -2.50. The molecule has 24 heavy (non-hydrogen) atoms. The van der Waals surface area contributed by atoms with Gasteiger partial charge >= 0.3 is 6.09 Å². The van der Waals surface area contributed by atoms with Crippen molar-refractivity contribution in [1.82, 2.24) is 4.90 Å². The molecule has 0 aromatic heterocycles. The Bertz CT molecular complexity index is 707. The molecule has 1 amide bonds. The zero-order valence-electron chi connectivity index (χ0n) is 13.5. The molecular weight excluding hydrogens is 302 g/mol. The number of hydrogen-bond donors (Lipinski definition) is 1. The molecule has 2 aliphatic rings. The quantitative estimate of drug-likeness (QED) is 0.939. The Balaban J connectivity index is 1.45. The number of likely N-dealkylation sites (tertiary alicyclic amines) is 1. The number of amides is 1. The van der Waals surface area contributed by atoms with Gasteiger partial charge in [0.05, 0.1) is 0 Å². The van der Waals surface area contributed by atoms with Crippen LogP contribution in [0.25, 0.3) is 11.1 Å². The highest BCUT2D eigenvalue weighted by atomic mass is 16.6. The lowest BCUT2D eigenvalue weighted by molar-refractivity contribution is 0.0444. The summed E-state index contributed by atoms with van der Waals surface area (Å²) in [6.45, 7) is 1.94. The molecular formula is C20H21NO3. The summed E-state index contributed by atoms with van der Waals surface area (Å²) in [4.78, 5) is 13.9. The zero-order valence-corrected chi connectivity index (χ0v) is 13.5. The third kappa shape index (κ3) is 2.57. The first-order chi connectivity index (χ1) is 11.8. The monoisotopic (exact) mass is 323 g/mol. The first kappa shape index (κ1) is 15.2. The predicted molar refractivity (Wildman–Crippen MR) is 91.8 cm³/mol. The van der Waals surface area contributed by atoms with E-state index in [1.54, 1.807) is 4.90 Å². The van der Waals surface area contributed by atoms with E-state index in [1.165, 1.54) is 22.3 Å². The van der Waals surface area contributed by atoms with Crippen LogP contribution in [0.1, 0.15) is 23.5 Å². The van der Waals surface area contributed by atoms with Crippen LogP contribution in [-0.2, 0) is 4.74 Å². The van der Waals surface area contributed by atoms with Gasteiger partial charge in [-0.05, 0) is 34.6 Å². The van der Waals surface area contributed by atoms with Gasteiger partial charge in [-0.15, -0.1) is 0 Å². The number of nitrogens with zero attached hydrogens (tertiary/aromatic N) is 1. The summed E-state index contributed by atoms with van der Waals surface area (Å²) in [6, 6.07) is 16.7. The fraction of sp³-hybridized carbons (Fsp3) is 0.350. The van der Waals surface area contributed by atoms with E-state index in [0.717, 1.165) is 6.42 Å². The molecule has 1 saturated heterocycles. The largest absolute Gasteiger partial charge is 0.448 e. The lowest BCUT2D eigenvalue weighted by atomic mass is 9.97.